The predicted molar refractivity (Wildman–Crippen MR) is 93.8 cm³/mol. The van der Waals surface area contributed by atoms with E-state index in [1.54, 1.807) is 0 Å². The number of methoxy groups -OCH3 is 1. The SMILES string of the molecule is COC(=O)CCn1cc(CN2CCCC(Cn3ccnc3C)C2)cn1. The Labute approximate surface area is 148 Å². The lowest BCUT2D eigenvalue weighted by Crippen LogP contribution is -2.36. The van der Waals surface area contributed by atoms with Crippen LogP contribution in [-0.4, -0.2) is 50.4 Å². The van der Waals surface area contributed by atoms with Crippen molar-refractivity contribution in [2.45, 2.75) is 45.8 Å². The highest BCUT2D eigenvalue weighted by Crippen LogP contribution is 2.20. The van der Waals surface area contributed by atoms with Crippen molar-refractivity contribution in [3.63, 3.8) is 0 Å². The molecule has 1 fully saturated rings. The Morgan fingerprint density at radius 3 is 3.08 bits per heavy atom. The van der Waals surface area contributed by atoms with Gasteiger partial charge >= 0.3 is 5.97 Å². The zero-order valence-corrected chi connectivity index (χ0v) is 15.1. The lowest BCUT2D eigenvalue weighted by molar-refractivity contribution is -0.140. The molecule has 0 aromatic carbocycles. The summed E-state index contributed by atoms with van der Waals surface area (Å²) in [6.07, 6.45) is 10.7. The first kappa shape index (κ1) is 17.7. The lowest BCUT2D eigenvalue weighted by atomic mass is 9.97. The molecule has 1 unspecified atom stereocenters. The lowest BCUT2D eigenvalue weighted by Gasteiger charge is -2.32. The van der Waals surface area contributed by atoms with Gasteiger partial charge in [0, 0.05) is 43.8 Å². The Kier molecular flexibility index (Phi) is 5.86. The maximum Gasteiger partial charge on any atom is 0.307 e. The van der Waals surface area contributed by atoms with Gasteiger partial charge in [0.25, 0.3) is 0 Å². The summed E-state index contributed by atoms with van der Waals surface area (Å²) >= 11 is 0. The van der Waals surface area contributed by atoms with Gasteiger partial charge in [-0.15, -0.1) is 0 Å². The van der Waals surface area contributed by atoms with Gasteiger partial charge in [0.05, 0.1) is 26.3 Å². The summed E-state index contributed by atoms with van der Waals surface area (Å²) < 4.78 is 8.74. The maximum absolute atomic E-state index is 11.2. The monoisotopic (exact) mass is 345 g/mol. The molecule has 1 aliphatic rings. The minimum absolute atomic E-state index is 0.203. The first-order valence-electron chi connectivity index (χ1n) is 8.92. The predicted octanol–water partition coefficient (Wildman–Crippen LogP) is 1.86. The van der Waals surface area contributed by atoms with E-state index in [2.05, 4.69) is 37.4 Å². The van der Waals surface area contributed by atoms with Gasteiger partial charge in [-0.05, 0) is 32.2 Å². The summed E-state index contributed by atoms with van der Waals surface area (Å²) in [5.41, 5.74) is 1.20. The molecular formula is C18H27N5O2. The Balaban J connectivity index is 1.50. The van der Waals surface area contributed by atoms with E-state index < -0.39 is 0 Å². The van der Waals surface area contributed by atoms with Crippen LogP contribution in [0.25, 0.3) is 0 Å². The number of hydrogen-bond acceptors (Lipinski definition) is 5. The fraction of sp³-hybridized carbons (Fsp3) is 0.611. The second kappa shape index (κ2) is 8.29. The van der Waals surface area contributed by atoms with Crippen LogP contribution in [-0.2, 0) is 29.2 Å². The number of carbonyl (C=O) groups excluding carboxylic acids is 1. The smallest absolute Gasteiger partial charge is 0.307 e. The minimum atomic E-state index is -0.203. The fourth-order valence-electron chi connectivity index (χ4n) is 3.50. The highest BCUT2D eigenvalue weighted by atomic mass is 16.5. The Bertz CT molecular complexity index is 693. The standard InChI is InChI=1S/C18H27N5O2/c1-15-19-6-9-22(15)13-16-4-3-7-21(11-16)12-17-10-20-23(14-17)8-5-18(24)25-2/h6,9-10,14,16H,3-5,7-8,11-13H2,1-2H3. The molecule has 0 amide bonds. The van der Waals surface area contributed by atoms with Gasteiger partial charge in [0.1, 0.15) is 5.82 Å². The molecule has 7 heteroatoms. The summed E-state index contributed by atoms with van der Waals surface area (Å²) in [4.78, 5) is 18.0. The zero-order valence-electron chi connectivity index (χ0n) is 15.1. The summed E-state index contributed by atoms with van der Waals surface area (Å²) in [5, 5.41) is 4.35. The molecule has 3 rings (SSSR count). The van der Waals surface area contributed by atoms with E-state index in [1.807, 2.05) is 23.3 Å². The molecule has 0 aliphatic carbocycles. The Morgan fingerprint density at radius 2 is 2.32 bits per heavy atom. The van der Waals surface area contributed by atoms with Crippen LogP contribution in [0.2, 0.25) is 0 Å². The normalized spacial score (nSPS) is 18.4. The van der Waals surface area contributed by atoms with Crippen molar-refractivity contribution < 1.29 is 9.53 Å². The minimum Gasteiger partial charge on any atom is -0.469 e. The van der Waals surface area contributed by atoms with Crippen LogP contribution in [0.5, 0.6) is 0 Å². The first-order chi connectivity index (χ1) is 12.1. The van der Waals surface area contributed by atoms with Crippen molar-refractivity contribution >= 4 is 5.97 Å². The van der Waals surface area contributed by atoms with Crippen LogP contribution in [0.4, 0.5) is 0 Å². The van der Waals surface area contributed by atoms with Gasteiger partial charge in [-0.3, -0.25) is 14.4 Å². The van der Waals surface area contributed by atoms with E-state index in [9.17, 15) is 4.79 Å². The number of imidazole rings is 1. The van der Waals surface area contributed by atoms with Crippen molar-refractivity contribution in [3.8, 4) is 0 Å². The third-order valence-corrected chi connectivity index (χ3v) is 4.85. The van der Waals surface area contributed by atoms with Crippen LogP contribution in [0.3, 0.4) is 0 Å². The van der Waals surface area contributed by atoms with Gasteiger partial charge < -0.3 is 9.30 Å². The number of rotatable bonds is 7. The van der Waals surface area contributed by atoms with Crippen molar-refractivity contribution in [1.82, 2.24) is 24.2 Å². The third kappa shape index (κ3) is 4.92. The number of aromatic nitrogens is 4. The average molecular weight is 345 g/mol. The number of piperidine rings is 1. The molecule has 0 saturated carbocycles. The van der Waals surface area contributed by atoms with Crippen LogP contribution in [0, 0.1) is 12.8 Å². The van der Waals surface area contributed by atoms with E-state index in [0.29, 0.717) is 18.9 Å². The number of hydrogen-bond donors (Lipinski definition) is 0. The van der Waals surface area contributed by atoms with E-state index in [1.165, 1.54) is 25.5 Å². The molecule has 0 spiro atoms. The summed E-state index contributed by atoms with van der Waals surface area (Å²) in [6, 6.07) is 0. The molecule has 0 N–H and O–H groups in total. The van der Waals surface area contributed by atoms with Crippen LogP contribution < -0.4 is 0 Å². The van der Waals surface area contributed by atoms with Crippen molar-refractivity contribution in [3.05, 3.63) is 36.2 Å². The third-order valence-electron chi connectivity index (χ3n) is 4.85. The molecule has 136 valence electrons. The van der Waals surface area contributed by atoms with Gasteiger partial charge in [-0.25, -0.2) is 4.98 Å². The summed E-state index contributed by atoms with van der Waals surface area (Å²) in [5.74, 6) is 1.55. The molecule has 0 radical (unpaired) electrons. The molecule has 1 atom stereocenters. The second-order valence-corrected chi connectivity index (χ2v) is 6.81. The van der Waals surface area contributed by atoms with Gasteiger partial charge in [-0.2, -0.15) is 5.10 Å². The topological polar surface area (TPSA) is 65.2 Å². The quantitative estimate of drug-likeness (QED) is 0.717. The molecular weight excluding hydrogens is 318 g/mol. The molecule has 25 heavy (non-hydrogen) atoms. The molecule has 2 aromatic heterocycles. The molecule has 1 aliphatic heterocycles. The van der Waals surface area contributed by atoms with Crippen LogP contribution >= 0.6 is 0 Å². The number of ether oxygens (including phenoxy) is 1. The molecule has 3 heterocycles. The van der Waals surface area contributed by atoms with Gasteiger partial charge in [0.2, 0.25) is 0 Å². The first-order valence-corrected chi connectivity index (χ1v) is 8.92. The number of carbonyl (C=O) groups is 1. The van der Waals surface area contributed by atoms with E-state index in [-0.39, 0.29) is 5.97 Å². The van der Waals surface area contributed by atoms with Crippen LogP contribution in [0.15, 0.2) is 24.8 Å². The van der Waals surface area contributed by atoms with Crippen LogP contribution in [0.1, 0.15) is 30.7 Å². The highest BCUT2D eigenvalue weighted by Gasteiger charge is 2.21. The van der Waals surface area contributed by atoms with E-state index >= 15 is 0 Å². The maximum atomic E-state index is 11.2. The number of likely N-dealkylation sites (tertiary alicyclic amines) is 1. The Morgan fingerprint density at radius 1 is 1.44 bits per heavy atom. The fourth-order valence-corrected chi connectivity index (χ4v) is 3.50. The molecule has 7 nitrogen and oxygen atoms in total. The van der Waals surface area contributed by atoms with Crippen molar-refractivity contribution in [2.24, 2.45) is 5.92 Å². The zero-order chi connectivity index (χ0) is 17.6. The molecule has 2 aromatic rings. The summed E-state index contributed by atoms with van der Waals surface area (Å²) in [6.45, 7) is 6.81. The molecule has 1 saturated heterocycles. The van der Waals surface area contributed by atoms with Crippen molar-refractivity contribution in [2.75, 3.05) is 20.2 Å². The largest absolute Gasteiger partial charge is 0.469 e. The number of nitrogens with zero attached hydrogens (tertiary/aromatic N) is 5. The van der Waals surface area contributed by atoms with Gasteiger partial charge in [-0.1, -0.05) is 0 Å². The Hall–Kier alpha value is -2.15. The average Bonchev–Trinajstić information content (AvgIpc) is 3.22. The van der Waals surface area contributed by atoms with Crippen molar-refractivity contribution in [1.29, 1.82) is 0 Å². The summed E-state index contributed by atoms with van der Waals surface area (Å²) in [7, 11) is 1.41. The number of esters is 1. The highest BCUT2D eigenvalue weighted by molar-refractivity contribution is 5.68. The number of aryl methyl sites for hydroxylation is 2. The van der Waals surface area contributed by atoms with E-state index in [0.717, 1.165) is 32.0 Å². The van der Waals surface area contributed by atoms with E-state index in [4.69, 9.17) is 0 Å². The second-order valence-electron chi connectivity index (χ2n) is 6.81. The van der Waals surface area contributed by atoms with Gasteiger partial charge in [0.15, 0.2) is 0 Å². The molecule has 0 bridgehead atoms.